The summed E-state index contributed by atoms with van der Waals surface area (Å²) in [5, 5.41) is 16.6. The molecule has 0 spiro atoms. The van der Waals surface area contributed by atoms with Crippen molar-refractivity contribution >= 4 is 49.8 Å². The van der Waals surface area contributed by atoms with E-state index in [-0.39, 0.29) is 22.0 Å². The van der Waals surface area contributed by atoms with Crippen molar-refractivity contribution in [1.29, 1.82) is 0 Å². The minimum absolute atomic E-state index is 0.0495. The van der Waals surface area contributed by atoms with Gasteiger partial charge < -0.3 is 14.4 Å². The van der Waals surface area contributed by atoms with E-state index < -0.39 is 14.9 Å². The van der Waals surface area contributed by atoms with Gasteiger partial charge in [0.2, 0.25) is 0 Å². The summed E-state index contributed by atoms with van der Waals surface area (Å²) in [5.74, 6) is 0.295. The van der Waals surface area contributed by atoms with Gasteiger partial charge in [0.05, 0.1) is 53.4 Å². The van der Waals surface area contributed by atoms with Crippen LogP contribution in [0.2, 0.25) is 0 Å². The molecule has 212 valence electrons. The van der Waals surface area contributed by atoms with E-state index in [2.05, 4.69) is 20.1 Å². The van der Waals surface area contributed by atoms with Gasteiger partial charge in [-0.1, -0.05) is 53.8 Å². The van der Waals surface area contributed by atoms with Gasteiger partial charge in [-0.15, -0.1) is 0 Å². The number of hydrogen-bond acceptors (Lipinski definition) is 11. The number of nitrogens with one attached hydrogen (secondary N) is 2. The quantitative estimate of drug-likeness (QED) is 0.150. The van der Waals surface area contributed by atoms with Crippen LogP contribution >= 0.6 is 11.3 Å². The van der Waals surface area contributed by atoms with E-state index in [9.17, 15) is 18.5 Å². The van der Waals surface area contributed by atoms with Crippen LogP contribution in [0.3, 0.4) is 0 Å². The van der Waals surface area contributed by atoms with Gasteiger partial charge in [-0.3, -0.25) is 20.3 Å². The van der Waals surface area contributed by atoms with E-state index >= 15 is 0 Å². The monoisotopic (exact) mass is 594 g/mol. The molecule has 41 heavy (non-hydrogen) atoms. The first-order valence-electron chi connectivity index (χ1n) is 12.5. The highest BCUT2D eigenvalue weighted by atomic mass is 32.2. The molecule has 4 aromatic rings. The third-order valence-electron chi connectivity index (χ3n) is 6.15. The van der Waals surface area contributed by atoms with Crippen LogP contribution in [0.25, 0.3) is 11.3 Å². The number of sulfonamides is 1. The lowest BCUT2D eigenvalue weighted by Crippen LogP contribution is -2.36. The number of ether oxygens (including phenoxy) is 2. The van der Waals surface area contributed by atoms with Crippen LogP contribution in [-0.4, -0.2) is 58.0 Å². The maximum atomic E-state index is 13.4. The molecule has 3 aromatic carbocycles. The first kappa shape index (κ1) is 28.0. The minimum Gasteiger partial charge on any atom is -0.495 e. The molecule has 12 nitrogen and oxygen atoms in total. The van der Waals surface area contributed by atoms with E-state index in [1.807, 2.05) is 30.3 Å². The molecule has 0 radical (unpaired) electrons. The van der Waals surface area contributed by atoms with Gasteiger partial charge in [0.1, 0.15) is 10.6 Å². The molecule has 1 aliphatic heterocycles. The fourth-order valence-corrected chi connectivity index (χ4v) is 6.39. The molecule has 14 heteroatoms. The Hall–Kier alpha value is -4.53. The molecule has 0 saturated carbocycles. The van der Waals surface area contributed by atoms with Crippen LogP contribution in [-0.2, 0) is 14.8 Å². The SMILES string of the molecule is COc1ccccc1NS(=O)(=O)c1cc([N+](=O)[O-])ccc1N/N=C/c1sc(N2CCOCC2)nc1-c1ccccc1. The number of nitro groups is 1. The van der Waals surface area contributed by atoms with Crippen molar-refractivity contribution in [2.45, 2.75) is 4.90 Å². The van der Waals surface area contributed by atoms with Gasteiger partial charge in [-0.2, -0.15) is 5.10 Å². The number of aromatic nitrogens is 1. The lowest BCUT2D eigenvalue weighted by Gasteiger charge is -2.26. The van der Waals surface area contributed by atoms with Gasteiger partial charge in [0, 0.05) is 30.8 Å². The second kappa shape index (κ2) is 12.3. The molecular weight excluding hydrogens is 568 g/mol. The average molecular weight is 595 g/mol. The summed E-state index contributed by atoms with van der Waals surface area (Å²) in [4.78, 5) is 18.2. The van der Waals surface area contributed by atoms with E-state index in [4.69, 9.17) is 14.5 Å². The van der Waals surface area contributed by atoms with Crippen LogP contribution < -0.4 is 19.8 Å². The maximum Gasteiger partial charge on any atom is 0.270 e. The molecular formula is C27H26N6O6S2. The Morgan fingerprint density at radius 2 is 1.80 bits per heavy atom. The summed E-state index contributed by atoms with van der Waals surface area (Å²) in [7, 11) is -2.88. The molecule has 0 atom stereocenters. The minimum atomic E-state index is -4.29. The number of para-hydroxylation sites is 2. The maximum absolute atomic E-state index is 13.4. The van der Waals surface area contributed by atoms with Crippen molar-refractivity contribution < 1.29 is 22.8 Å². The summed E-state index contributed by atoms with van der Waals surface area (Å²) in [6, 6.07) is 19.6. The predicted octanol–water partition coefficient (Wildman–Crippen LogP) is 4.81. The lowest BCUT2D eigenvalue weighted by molar-refractivity contribution is -0.385. The van der Waals surface area contributed by atoms with Crippen molar-refractivity contribution in [2.24, 2.45) is 5.10 Å². The number of morpholine rings is 1. The second-order valence-corrected chi connectivity index (χ2v) is 11.4. The number of methoxy groups -OCH3 is 1. The summed E-state index contributed by atoms with van der Waals surface area (Å²) in [5.41, 5.74) is 4.25. The molecule has 1 aromatic heterocycles. The van der Waals surface area contributed by atoms with E-state index in [1.165, 1.54) is 36.6 Å². The Morgan fingerprint density at radius 3 is 2.54 bits per heavy atom. The van der Waals surface area contributed by atoms with Gasteiger partial charge in [0.25, 0.3) is 15.7 Å². The number of hydrogen-bond donors (Lipinski definition) is 2. The van der Waals surface area contributed by atoms with Crippen LogP contribution in [0.15, 0.2) is 82.8 Å². The van der Waals surface area contributed by atoms with Crippen molar-refractivity contribution in [2.75, 3.05) is 48.5 Å². The number of nitrogens with zero attached hydrogens (tertiary/aromatic N) is 4. The molecule has 0 amide bonds. The third-order valence-corrected chi connectivity index (χ3v) is 8.61. The Labute approximate surface area is 240 Å². The Balaban J connectivity index is 1.47. The van der Waals surface area contributed by atoms with Crippen molar-refractivity contribution in [3.8, 4) is 17.0 Å². The molecule has 0 bridgehead atoms. The molecule has 0 unspecified atom stereocenters. The largest absolute Gasteiger partial charge is 0.495 e. The second-order valence-electron chi connectivity index (χ2n) is 8.79. The molecule has 2 heterocycles. The highest BCUT2D eigenvalue weighted by Crippen LogP contribution is 2.34. The first-order chi connectivity index (χ1) is 19.9. The molecule has 1 fully saturated rings. The molecule has 2 N–H and O–H groups in total. The molecule has 1 saturated heterocycles. The number of nitro benzene ring substituents is 1. The highest BCUT2D eigenvalue weighted by molar-refractivity contribution is 7.93. The average Bonchev–Trinajstić information content (AvgIpc) is 3.42. The number of non-ortho nitro benzene ring substituents is 1. The predicted molar refractivity (Wildman–Crippen MR) is 159 cm³/mol. The topological polar surface area (TPSA) is 148 Å². The summed E-state index contributed by atoms with van der Waals surface area (Å²) < 4.78 is 40.0. The smallest absolute Gasteiger partial charge is 0.270 e. The van der Waals surface area contributed by atoms with E-state index in [0.717, 1.165) is 40.4 Å². The lowest BCUT2D eigenvalue weighted by atomic mass is 10.1. The van der Waals surface area contributed by atoms with Gasteiger partial charge in [0.15, 0.2) is 5.13 Å². The number of rotatable bonds is 10. The zero-order chi connectivity index (χ0) is 28.8. The third kappa shape index (κ3) is 6.45. The highest BCUT2D eigenvalue weighted by Gasteiger charge is 2.24. The molecule has 5 rings (SSSR count). The summed E-state index contributed by atoms with van der Waals surface area (Å²) in [6.07, 6.45) is 1.56. The van der Waals surface area contributed by atoms with Crippen molar-refractivity contribution in [3.63, 3.8) is 0 Å². The molecule has 0 aliphatic carbocycles. The zero-order valence-corrected chi connectivity index (χ0v) is 23.5. The van der Waals surface area contributed by atoms with Crippen LogP contribution in [0, 0.1) is 10.1 Å². The summed E-state index contributed by atoms with van der Waals surface area (Å²) >= 11 is 1.45. The van der Waals surface area contributed by atoms with Crippen molar-refractivity contribution in [3.05, 3.63) is 87.8 Å². The summed E-state index contributed by atoms with van der Waals surface area (Å²) in [6.45, 7) is 2.68. The van der Waals surface area contributed by atoms with Gasteiger partial charge in [-0.05, 0) is 18.2 Å². The Kier molecular flexibility index (Phi) is 8.42. The Bertz CT molecular complexity index is 1670. The normalized spacial score (nSPS) is 13.7. The van der Waals surface area contributed by atoms with Crippen LogP contribution in [0.1, 0.15) is 4.88 Å². The fraction of sp³-hybridized carbons (Fsp3) is 0.185. The standard InChI is InChI=1S/C27H26N6O6S2/c1-38-23-10-6-5-9-21(23)31-41(36,37)25-17-20(33(34)35)11-12-22(25)30-28-18-24-26(19-7-3-2-4-8-19)29-27(40-24)32-13-15-39-16-14-32/h2-12,17-18,30-31H,13-16H2,1H3/b28-18+. The van der Waals surface area contributed by atoms with Gasteiger partial charge in [-0.25, -0.2) is 13.4 Å². The first-order valence-corrected chi connectivity index (χ1v) is 14.8. The number of thiazole rings is 1. The van der Waals surface area contributed by atoms with E-state index in [1.54, 1.807) is 24.4 Å². The van der Waals surface area contributed by atoms with Crippen LogP contribution in [0.4, 0.5) is 22.2 Å². The number of benzene rings is 3. The van der Waals surface area contributed by atoms with E-state index in [0.29, 0.717) is 19.0 Å². The Morgan fingerprint density at radius 1 is 1.07 bits per heavy atom. The number of hydrazone groups is 1. The van der Waals surface area contributed by atoms with Gasteiger partial charge >= 0.3 is 0 Å². The molecule has 1 aliphatic rings. The number of anilines is 3. The van der Waals surface area contributed by atoms with Crippen molar-refractivity contribution in [1.82, 2.24) is 4.98 Å². The fourth-order valence-electron chi connectivity index (χ4n) is 4.13. The van der Waals surface area contributed by atoms with Crippen LogP contribution in [0.5, 0.6) is 5.75 Å². The zero-order valence-electron chi connectivity index (χ0n) is 21.9.